The highest BCUT2D eigenvalue weighted by Gasteiger charge is 2.25. The Kier molecular flexibility index (Phi) is 7.51. The highest BCUT2D eigenvalue weighted by atomic mass is 16.5. The van der Waals surface area contributed by atoms with Crippen molar-refractivity contribution in [3.63, 3.8) is 0 Å². The summed E-state index contributed by atoms with van der Waals surface area (Å²) in [4.78, 5) is 12.4. The molecule has 1 aliphatic carbocycles. The minimum atomic E-state index is -0.271. The van der Waals surface area contributed by atoms with Crippen molar-refractivity contribution < 1.29 is 19.0 Å². The number of hydrogen-bond acceptors (Lipinski definition) is 4. The first-order valence-electron chi connectivity index (χ1n) is 10.1. The number of esters is 1. The number of carbonyl (C=O) groups is 1. The normalized spacial score (nSPS) is 18.5. The molecule has 0 unspecified atom stereocenters. The van der Waals surface area contributed by atoms with Gasteiger partial charge in [0, 0.05) is 0 Å². The first-order chi connectivity index (χ1) is 14.2. The maximum Gasteiger partial charge on any atom is 0.338 e. The van der Waals surface area contributed by atoms with E-state index in [1.54, 1.807) is 36.4 Å². The number of rotatable bonds is 9. The minimum absolute atomic E-state index is 0.0226. The predicted molar refractivity (Wildman–Crippen MR) is 115 cm³/mol. The van der Waals surface area contributed by atoms with Gasteiger partial charge in [-0.25, -0.2) is 4.79 Å². The Morgan fingerprint density at radius 2 is 1.34 bits per heavy atom. The zero-order chi connectivity index (χ0) is 20.5. The van der Waals surface area contributed by atoms with Gasteiger partial charge in [-0.2, -0.15) is 0 Å². The highest BCUT2D eigenvalue weighted by molar-refractivity contribution is 5.89. The highest BCUT2D eigenvalue weighted by Crippen LogP contribution is 2.35. The lowest BCUT2D eigenvalue weighted by Gasteiger charge is -2.28. The van der Waals surface area contributed by atoms with Crippen molar-refractivity contribution in [1.82, 2.24) is 0 Å². The molecular weight excluding hydrogens is 364 g/mol. The van der Waals surface area contributed by atoms with Crippen molar-refractivity contribution in [3.8, 4) is 11.5 Å². The van der Waals surface area contributed by atoms with Crippen LogP contribution in [0.25, 0.3) is 0 Å². The fourth-order valence-electron chi connectivity index (χ4n) is 3.57. The van der Waals surface area contributed by atoms with Crippen molar-refractivity contribution in [2.45, 2.75) is 37.7 Å². The van der Waals surface area contributed by atoms with Gasteiger partial charge in [0.15, 0.2) is 0 Å². The Morgan fingerprint density at radius 3 is 1.86 bits per heavy atom. The summed E-state index contributed by atoms with van der Waals surface area (Å²) >= 11 is 0. The molecule has 4 nitrogen and oxygen atoms in total. The molecule has 4 heteroatoms. The van der Waals surface area contributed by atoms with Gasteiger partial charge in [0.05, 0.1) is 5.56 Å². The summed E-state index contributed by atoms with van der Waals surface area (Å²) in [5.74, 6) is 1.80. The van der Waals surface area contributed by atoms with Crippen molar-refractivity contribution in [1.29, 1.82) is 0 Å². The van der Waals surface area contributed by atoms with Crippen LogP contribution in [0.4, 0.5) is 0 Å². The van der Waals surface area contributed by atoms with Crippen LogP contribution in [0, 0.1) is 0 Å². The Hall–Kier alpha value is -3.01. The van der Waals surface area contributed by atoms with Crippen molar-refractivity contribution in [2.75, 3.05) is 13.2 Å². The Balaban J connectivity index is 1.47. The van der Waals surface area contributed by atoms with Crippen LogP contribution in [0.15, 0.2) is 73.8 Å². The summed E-state index contributed by atoms with van der Waals surface area (Å²) in [6.45, 7) is 8.23. The third-order valence-electron chi connectivity index (χ3n) is 5.13. The van der Waals surface area contributed by atoms with E-state index >= 15 is 0 Å². The van der Waals surface area contributed by atoms with Crippen LogP contribution < -0.4 is 9.47 Å². The maximum absolute atomic E-state index is 12.4. The average molecular weight is 392 g/mol. The first kappa shape index (κ1) is 20.7. The summed E-state index contributed by atoms with van der Waals surface area (Å²) in [6, 6.07) is 15.3. The van der Waals surface area contributed by atoms with Gasteiger partial charge < -0.3 is 14.2 Å². The molecule has 2 aromatic carbocycles. The van der Waals surface area contributed by atoms with Gasteiger partial charge in [0.1, 0.15) is 30.8 Å². The lowest BCUT2D eigenvalue weighted by Crippen LogP contribution is -2.24. The van der Waals surface area contributed by atoms with Crippen molar-refractivity contribution in [2.24, 2.45) is 0 Å². The molecule has 0 heterocycles. The van der Waals surface area contributed by atoms with Crippen LogP contribution in [0.3, 0.4) is 0 Å². The summed E-state index contributed by atoms with van der Waals surface area (Å²) in [6.07, 6.45) is 7.19. The number of ether oxygens (including phenoxy) is 3. The molecule has 0 aromatic heterocycles. The molecule has 152 valence electrons. The second kappa shape index (κ2) is 10.5. The molecule has 0 aliphatic heterocycles. The van der Waals surface area contributed by atoms with Crippen LogP contribution >= 0.6 is 0 Å². The van der Waals surface area contributed by atoms with Crippen molar-refractivity contribution >= 4 is 5.97 Å². The second-order valence-corrected chi connectivity index (χ2v) is 7.17. The van der Waals surface area contributed by atoms with E-state index in [9.17, 15) is 4.79 Å². The molecule has 0 radical (unpaired) electrons. The molecule has 1 aliphatic rings. The molecule has 1 fully saturated rings. The van der Waals surface area contributed by atoms with Gasteiger partial charge in [-0.05, 0) is 73.6 Å². The zero-order valence-corrected chi connectivity index (χ0v) is 16.7. The predicted octanol–water partition coefficient (Wildman–Crippen LogP) is 5.70. The summed E-state index contributed by atoms with van der Waals surface area (Å²) in [7, 11) is 0. The van der Waals surface area contributed by atoms with Crippen LogP contribution in [-0.4, -0.2) is 25.3 Å². The average Bonchev–Trinajstić information content (AvgIpc) is 2.77. The van der Waals surface area contributed by atoms with Crippen LogP contribution in [0.1, 0.15) is 47.5 Å². The Bertz CT molecular complexity index is 800. The van der Waals surface area contributed by atoms with E-state index < -0.39 is 0 Å². The molecule has 0 amide bonds. The Morgan fingerprint density at radius 1 is 0.828 bits per heavy atom. The molecule has 0 bridgehead atoms. The third-order valence-corrected chi connectivity index (χ3v) is 5.13. The van der Waals surface area contributed by atoms with Gasteiger partial charge in [0.25, 0.3) is 0 Å². The van der Waals surface area contributed by atoms with E-state index in [0.29, 0.717) is 30.4 Å². The van der Waals surface area contributed by atoms with Crippen LogP contribution in [-0.2, 0) is 4.74 Å². The SMILES string of the molecule is C=CCOc1ccc(C(=O)O[C@H]2CC[C@H](c3ccc(OCC=C)cc3)CC2)cc1. The fraction of sp³-hybridized carbons (Fsp3) is 0.320. The topological polar surface area (TPSA) is 44.8 Å². The van der Waals surface area contributed by atoms with E-state index in [2.05, 4.69) is 25.3 Å². The first-order valence-corrected chi connectivity index (χ1v) is 10.1. The molecule has 0 saturated heterocycles. The summed E-state index contributed by atoms with van der Waals surface area (Å²) < 4.78 is 16.7. The molecule has 0 spiro atoms. The maximum atomic E-state index is 12.4. The van der Waals surface area contributed by atoms with Gasteiger partial charge in [-0.3, -0.25) is 0 Å². The van der Waals surface area contributed by atoms with Crippen LogP contribution in [0.2, 0.25) is 0 Å². The van der Waals surface area contributed by atoms with Gasteiger partial charge >= 0.3 is 5.97 Å². The summed E-state index contributed by atoms with van der Waals surface area (Å²) in [5, 5.41) is 0. The summed E-state index contributed by atoms with van der Waals surface area (Å²) in [5.41, 5.74) is 1.86. The molecule has 1 saturated carbocycles. The van der Waals surface area contributed by atoms with Gasteiger partial charge in [-0.15, -0.1) is 0 Å². The lowest BCUT2D eigenvalue weighted by molar-refractivity contribution is 0.0195. The number of hydrogen-bond donors (Lipinski definition) is 0. The fourth-order valence-corrected chi connectivity index (χ4v) is 3.57. The standard InChI is InChI=1S/C25H28O4/c1-3-17-27-22-11-5-19(6-12-22)20-7-15-24(16-8-20)29-25(26)21-9-13-23(14-10-21)28-18-4-2/h3-6,9-14,20,24H,1-2,7-8,15-18H2/t20-,24-. The van der Waals surface area contributed by atoms with Gasteiger partial charge in [0.2, 0.25) is 0 Å². The number of carbonyl (C=O) groups excluding carboxylic acids is 1. The zero-order valence-electron chi connectivity index (χ0n) is 16.7. The molecular formula is C25H28O4. The quantitative estimate of drug-likeness (QED) is 0.406. The van der Waals surface area contributed by atoms with Crippen LogP contribution in [0.5, 0.6) is 11.5 Å². The molecule has 0 atom stereocenters. The molecule has 2 aromatic rings. The minimum Gasteiger partial charge on any atom is -0.490 e. The molecule has 0 N–H and O–H groups in total. The van der Waals surface area contributed by atoms with Crippen molar-refractivity contribution in [3.05, 3.63) is 85.0 Å². The second-order valence-electron chi connectivity index (χ2n) is 7.17. The largest absolute Gasteiger partial charge is 0.490 e. The number of benzene rings is 2. The lowest BCUT2D eigenvalue weighted by atomic mass is 9.83. The monoisotopic (exact) mass is 392 g/mol. The van der Waals surface area contributed by atoms with E-state index in [-0.39, 0.29) is 12.1 Å². The van der Waals surface area contributed by atoms with Gasteiger partial charge in [-0.1, -0.05) is 37.4 Å². The molecule has 3 rings (SSSR count). The van der Waals surface area contributed by atoms with E-state index in [4.69, 9.17) is 14.2 Å². The van der Waals surface area contributed by atoms with E-state index in [1.165, 1.54) is 5.56 Å². The van der Waals surface area contributed by atoms with E-state index in [1.807, 2.05) is 12.1 Å². The Labute approximate surface area is 172 Å². The smallest absolute Gasteiger partial charge is 0.338 e. The third kappa shape index (κ3) is 5.98. The van der Waals surface area contributed by atoms with E-state index in [0.717, 1.165) is 31.4 Å². The molecule has 29 heavy (non-hydrogen) atoms.